The van der Waals surface area contributed by atoms with Crippen LogP contribution in [0.4, 0.5) is 14.9 Å². The molecular weight excluding hydrogens is 449 g/mol. The van der Waals surface area contributed by atoms with E-state index in [0.717, 1.165) is 11.1 Å². The molecule has 8 heteroatoms. The Morgan fingerprint density at radius 2 is 1.83 bits per heavy atom. The highest BCUT2D eigenvalue weighted by Crippen LogP contribution is 2.57. The van der Waals surface area contributed by atoms with Gasteiger partial charge in [-0.25, -0.2) is 14.0 Å². The number of nitrogens with one attached hydrogen (secondary N) is 1. The minimum absolute atomic E-state index is 0.0725. The molecule has 3 atom stereocenters. The van der Waals surface area contributed by atoms with E-state index in [9.17, 15) is 23.9 Å². The van der Waals surface area contributed by atoms with E-state index in [1.54, 1.807) is 28.9 Å². The molecule has 2 aromatic carbocycles. The first-order chi connectivity index (χ1) is 16.7. The molecule has 1 unspecified atom stereocenters. The van der Waals surface area contributed by atoms with Crippen LogP contribution in [-0.4, -0.2) is 47.0 Å². The SMILES string of the molecule is CC[C@H](C)[C@H](NC(=O)N1CCC2(CC1)C(=O)N(c1cccc(F)c1)C2c1ccc(C)cc1)C(=O)O. The first kappa shape index (κ1) is 24.7. The second-order valence-corrected chi connectivity index (χ2v) is 9.76. The van der Waals surface area contributed by atoms with Gasteiger partial charge in [-0.2, -0.15) is 0 Å². The van der Waals surface area contributed by atoms with Crippen LogP contribution in [0.15, 0.2) is 48.5 Å². The fraction of sp³-hybridized carbons (Fsp3) is 0.444. The molecule has 3 amide bonds. The second-order valence-electron chi connectivity index (χ2n) is 9.76. The molecule has 2 N–H and O–H groups in total. The molecule has 0 radical (unpaired) electrons. The Kier molecular flexibility index (Phi) is 6.83. The quantitative estimate of drug-likeness (QED) is 0.594. The minimum Gasteiger partial charge on any atom is -0.480 e. The molecule has 2 aromatic rings. The number of carboxylic acid groups (broad SMARTS) is 1. The van der Waals surface area contributed by atoms with Crippen molar-refractivity contribution in [1.82, 2.24) is 10.2 Å². The number of rotatable bonds is 6. The maximum atomic E-state index is 14.0. The third kappa shape index (κ3) is 4.49. The van der Waals surface area contributed by atoms with Gasteiger partial charge in [-0.15, -0.1) is 0 Å². The van der Waals surface area contributed by atoms with Crippen molar-refractivity contribution in [3.8, 4) is 0 Å². The largest absolute Gasteiger partial charge is 0.480 e. The van der Waals surface area contributed by atoms with Crippen LogP contribution in [0.25, 0.3) is 0 Å². The van der Waals surface area contributed by atoms with Crippen molar-refractivity contribution in [2.45, 2.75) is 52.1 Å². The number of amides is 3. The molecule has 4 rings (SSSR count). The molecule has 1 spiro atoms. The Morgan fingerprint density at radius 1 is 1.17 bits per heavy atom. The van der Waals surface area contributed by atoms with Gasteiger partial charge in [-0.1, -0.05) is 56.2 Å². The van der Waals surface area contributed by atoms with Crippen molar-refractivity contribution in [2.75, 3.05) is 18.0 Å². The number of piperidine rings is 1. The maximum absolute atomic E-state index is 14.0. The van der Waals surface area contributed by atoms with Crippen LogP contribution in [0, 0.1) is 24.1 Å². The normalized spacial score (nSPS) is 20.8. The highest BCUT2D eigenvalue weighted by Gasteiger charge is 2.62. The van der Waals surface area contributed by atoms with Crippen molar-refractivity contribution in [3.63, 3.8) is 0 Å². The van der Waals surface area contributed by atoms with E-state index in [1.165, 1.54) is 12.1 Å². The van der Waals surface area contributed by atoms with Crippen LogP contribution in [0.3, 0.4) is 0 Å². The summed E-state index contributed by atoms with van der Waals surface area (Å²) in [6.07, 6.45) is 1.53. The predicted molar refractivity (Wildman–Crippen MR) is 130 cm³/mol. The van der Waals surface area contributed by atoms with Gasteiger partial charge in [0.1, 0.15) is 11.9 Å². The fourth-order valence-corrected chi connectivity index (χ4v) is 5.27. The first-order valence-electron chi connectivity index (χ1n) is 12.1. The number of nitrogens with zero attached hydrogens (tertiary/aromatic N) is 2. The number of urea groups is 1. The lowest BCUT2D eigenvalue weighted by Gasteiger charge is -2.59. The number of anilines is 1. The van der Waals surface area contributed by atoms with Gasteiger partial charge in [-0.3, -0.25) is 4.79 Å². The zero-order valence-corrected chi connectivity index (χ0v) is 20.3. The fourth-order valence-electron chi connectivity index (χ4n) is 5.27. The molecule has 7 nitrogen and oxygen atoms in total. The highest BCUT2D eigenvalue weighted by atomic mass is 19.1. The third-order valence-electron chi connectivity index (χ3n) is 7.61. The Morgan fingerprint density at radius 3 is 2.40 bits per heavy atom. The summed E-state index contributed by atoms with van der Waals surface area (Å²) >= 11 is 0. The summed E-state index contributed by atoms with van der Waals surface area (Å²) in [6.45, 7) is 6.35. The average molecular weight is 482 g/mol. The number of halogens is 1. The molecule has 2 saturated heterocycles. The van der Waals surface area contributed by atoms with Gasteiger partial charge in [0.2, 0.25) is 5.91 Å². The number of β-lactam (4-membered cyclic amide) rings is 1. The summed E-state index contributed by atoms with van der Waals surface area (Å²) in [4.78, 5) is 41.3. The lowest BCUT2D eigenvalue weighted by Crippen LogP contribution is -2.67. The smallest absolute Gasteiger partial charge is 0.326 e. The van der Waals surface area contributed by atoms with Gasteiger partial charge in [0.15, 0.2) is 0 Å². The van der Waals surface area contributed by atoms with Gasteiger partial charge >= 0.3 is 12.0 Å². The number of hydrogen-bond acceptors (Lipinski definition) is 3. The zero-order chi connectivity index (χ0) is 25.3. The van der Waals surface area contributed by atoms with E-state index in [-0.39, 0.29) is 17.9 Å². The highest BCUT2D eigenvalue weighted by molar-refractivity contribution is 6.06. The van der Waals surface area contributed by atoms with Crippen molar-refractivity contribution in [3.05, 3.63) is 65.5 Å². The number of aliphatic carboxylic acids is 1. The van der Waals surface area contributed by atoms with Crippen LogP contribution in [-0.2, 0) is 9.59 Å². The lowest BCUT2D eigenvalue weighted by atomic mass is 9.62. The number of carboxylic acids is 1. The van der Waals surface area contributed by atoms with Gasteiger partial charge in [0, 0.05) is 18.8 Å². The van der Waals surface area contributed by atoms with Crippen molar-refractivity contribution in [1.29, 1.82) is 0 Å². The van der Waals surface area contributed by atoms with Crippen LogP contribution < -0.4 is 10.2 Å². The summed E-state index contributed by atoms with van der Waals surface area (Å²) in [7, 11) is 0. The number of carbonyl (C=O) groups is 3. The van der Waals surface area contributed by atoms with E-state index >= 15 is 0 Å². The standard InChI is InChI=1S/C27H32FN3O4/c1-4-18(3)22(24(32)33)29-26(35)30-14-12-27(13-15-30)23(19-10-8-17(2)9-11-19)31(25(27)34)21-7-5-6-20(28)16-21/h5-11,16,18,22-23H,4,12-15H2,1-3H3,(H,29,35)(H,32,33)/t18-,22-,23?/m0/s1. The zero-order valence-electron chi connectivity index (χ0n) is 20.3. The van der Waals surface area contributed by atoms with Crippen LogP contribution in [0.2, 0.25) is 0 Å². The average Bonchev–Trinajstić information content (AvgIpc) is 2.85. The summed E-state index contributed by atoms with van der Waals surface area (Å²) in [5.74, 6) is -1.73. The molecule has 0 saturated carbocycles. The number of carbonyl (C=O) groups excluding carboxylic acids is 2. The topological polar surface area (TPSA) is 90.0 Å². The summed E-state index contributed by atoms with van der Waals surface area (Å²) in [5.41, 5.74) is 1.90. The lowest BCUT2D eigenvalue weighted by molar-refractivity contribution is -0.144. The van der Waals surface area contributed by atoms with E-state index in [2.05, 4.69) is 5.32 Å². The molecule has 2 heterocycles. The molecule has 2 aliphatic heterocycles. The molecule has 0 aromatic heterocycles. The van der Waals surface area contributed by atoms with E-state index in [4.69, 9.17) is 0 Å². The molecule has 35 heavy (non-hydrogen) atoms. The number of aryl methyl sites for hydroxylation is 1. The van der Waals surface area contributed by atoms with Crippen LogP contribution in [0.5, 0.6) is 0 Å². The van der Waals surface area contributed by atoms with Crippen LogP contribution >= 0.6 is 0 Å². The molecule has 2 aliphatic rings. The van der Waals surface area contributed by atoms with Gasteiger partial charge in [0.05, 0.1) is 11.5 Å². The van der Waals surface area contributed by atoms with Crippen LogP contribution in [0.1, 0.15) is 50.3 Å². The Bertz CT molecular complexity index is 1110. The van der Waals surface area contributed by atoms with Crippen molar-refractivity contribution in [2.24, 2.45) is 11.3 Å². The number of likely N-dealkylation sites (tertiary alicyclic amines) is 1. The molecule has 0 aliphatic carbocycles. The Labute approximate surface area is 204 Å². The monoisotopic (exact) mass is 481 g/mol. The summed E-state index contributed by atoms with van der Waals surface area (Å²) < 4.78 is 14.0. The van der Waals surface area contributed by atoms with E-state index in [0.29, 0.717) is 38.0 Å². The Balaban J connectivity index is 1.55. The first-order valence-corrected chi connectivity index (χ1v) is 12.1. The maximum Gasteiger partial charge on any atom is 0.326 e. The van der Waals surface area contributed by atoms with Gasteiger partial charge in [-0.05, 0) is 49.4 Å². The Hall–Kier alpha value is -3.42. The number of hydrogen-bond donors (Lipinski definition) is 2. The number of benzene rings is 2. The van der Waals surface area contributed by atoms with Crippen molar-refractivity contribution >= 4 is 23.6 Å². The summed E-state index contributed by atoms with van der Waals surface area (Å²) in [5, 5.41) is 12.2. The second kappa shape index (κ2) is 9.68. The van der Waals surface area contributed by atoms with Crippen molar-refractivity contribution < 1.29 is 23.9 Å². The molecule has 0 bridgehead atoms. The van der Waals surface area contributed by atoms with Gasteiger partial charge < -0.3 is 20.2 Å². The molecule has 2 fully saturated rings. The predicted octanol–water partition coefficient (Wildman–Crippen LogP) is 4.51. The summed E-state index contributed by atoms with van der Waals surface area (Å²) in [6, 6.07) is 12.4. The minimum atomic E-state index is -1.06. The van der Waals surface area contributed by atoms with E-state index in [1.807, 2.05) is 38.1 Å². The van der Waals surface area contributed by atoms with E-state index < -0.39 is 29.3 Å². The third-order valence-corrected chi connectivity index (χ3v) is 7.61. The molecular formula is C27H32FN3O4. The van der Waals surface area contributed by atoms with Gasteiger partial charge in [0.25, 0.3) is 0 Å². The molecule has 186 valence electrons.